The van der Waals surface area contributed by atoms with Gasteiger partial charge in [0.15, 0.2) is 0 Å². The van der Waals surface area contributed by atoms with Crippen molar-refractivity contribution in [2.45, 2.75) is 39.0 Å². The number of aromatic nitrogens is 1. The van der Waals surface area contributed by atoms with Crippen LogP contribution >= 0.6 is 0 Å². The first-order valence-electron chi connectivity index (χ1n) is 8.04. The molecule has 1 atom stereocenters. The second-order valence-electron chi connectivity index (χ2n) is 6.53. The number of rotatable bonds is 5. The molecule has 0 bridgehead atoms. The van der Waals surface area contributed by atoms with E-state index in [9.17, 15) is 4.79 Å². The molecule has 0 radical (unpaired) electrons. The first kappa shape index (κ1) is 14.6. The lowest BCUT2D eigenvalue weighted by molar-refractivity contribution is 0.0782. The number of hydrogen-bond acceptors (Lipinski definition) is 4. The highest BCUT2D eigenvalue weighted by Gasteiger charge is 2.36. The van der Waals surface area contributed by atoms with Crippen LogP contribution in [0, 0.1) is 12.8 Å². The van der Waals surface area contributed by atoms with E-state index in [1.54, 1.807) is 0 Å². The molecular weight excluding hydrogens is 266 g/mol. The van der Waals surface area contributed by atoms with E-state index in [1.165, 1.54) is 0 Å². The molecule has 5 heteroatoms. The Labute approximate surface area is 126 Å². The maximum Gasteiger partial charge on any atom is 0.259 e. The van der Waals surface area contributed by atoms with E-state index in [1.807, 2.05) is 11.8 Å². The predicted octanol–water partition coefficient (Wildman–Crippen LogP) is 2.27. The van der Waals surface area contributed by atoms with Crippen molar-refractivity contribution < 1.29 is 9.32 Å². The van der Waals surface area contributed by atoms with Crippen LogP contribution in [0.2, 0.25) is 0 Å². The van der Waals surface area contributed by atoms with Gasteiger partial charge in [-0.1, -0.05) is 12.1 Å². The van der Waals surface area contributed by atoms with Gasteiger partial charge in [-0.15, -0.1) is 0 Å². The second-order valence-corrected chi connectivity index (χ2v) is 6.53. The smallest absolute Gasteiger partial charge is 0.259 e. The summed E-state index contributed by atoms with van der Waals surface area (Å²) in [5.74, 6) is 1.84. The number of likely N-dealkylation sites (tertiary alicyclic amines) is 1. The maximum absolute atomic E-state index is 12.8. The molecule has 1 saturated heterocycles. The fraction of sp³-hybridized carbons (Fsp3) is 0.750. The third-order valence-corrected chi connectivity index (χ3v) is 4.75. The van der Waals surface area contributed by atoms with E-state index >= 15 is 0 Å². The van der Waals surface area contributed by atoms with E-state index in [0.717, 1.165) is 56.7 Å². The van der Waals surface area contributed by atoms with Crippen molar-refractivity contribution in [3.8, 4) is 0 Å². The lowest BCUT2D eigenvalue weighted by Crippen LogP contribution is -2.32. The zero-order valence-corrected chi connectivity index (χ0v) is 13.3. The summed E-state index contributed by atoms with van der Waals surface area (Å²) in [4.78, 5) is 17.1. The number of carbonyl (C=O) groups is 1. The van der Waals surface area contributed by atoms with Crippen LogP contribution < -0.4 is 0 Å². The van der Waals surface area contributed by atoms with Gasteiger partial charge in [-0.3, -0.25) is 4.79 Å². The minimum atomic E-state index is 0.123. The molecule has 1 aliphatic heterocycles. The van der Waals surface area contributed by atoms with Gasteiger partial charge in [0.2, 0.25) is 0 Å². The van der Waals surface area contributed by atoms with E-state index in [0.29, 0.717) is 17.6 Å². The standard InChI is InChI=1S/C16H25N3O2/c1-4-18(3)9-12-7-8-19(10-12)16(20)14-11(2)21-17-15(14)13-5-6-13/h12-13H,4-10H2,1-3H3. The van der Waals surface area contributed by atoms with Gasteiger partial charge in [-0.05, 0) is 45.7 Å². The van der Waals surface area contributed by atoms with Crippen LogP contribution in [-0.4, -0.2) is 54.1 Å². The molecule has 2 heterocycles. The highest BCUT2D eigenvalue weighted by Crippen LogP contribution is 2.42. The molecule has 1 aliphatic carbocycles. The number of carbonyl (C=O) groups excluding carboxylic acids is 1. The van der Waals surface area contributed by atoms with Crippen molar-refractivity contribution in [3.05, 3.63) is 17.0 Å². The van der Waals surface area contributed by atoms with E-state index in [-0.39, 0.29) is 5.91 Å². The molecule has 21 heavy (non-hydrogen) atoms. The number of nitrogens with zero attached hydrogens (tertiary/aromatic N) is 3. The minimum absolute atomic E-state index is 0.123. The van der Waals surface area contributed by atoms with Gasteiger partial charge in [-0.2, -0.15) is 0 Å². The first-order chi connectivity index (χ1) is 10.1. The predicted molar refractivity (Wildman–Crippen MR) is 80.4 cm³/mol. The Kier molecular flexibility index (Phi) is 4.02. The molecule has 5 nitrogen and oxygen atoms in total. The third kappa shape index (κ3) is 2.98. The molecule has 0 N–H and O–H groups in total. The summed E-state index contributed by atoms with van der Waals surface area (Å²) in [6, 6.07) is 0. The van der Waals surface area contributed by atoms with E-state index in [2.05, 4.69) is 24.0 Å². The molecule has 116 valence electrons. The van der Waals surface area contributed by atoms with Gasteiger partial charge < -0.3 is 14.3 Å². The Morgan fingerprint density at radius 1 is 1.43 bits per heavy atom. The average Bonchev–Trinajstić information content (AvgIpc) is 3.09. The van der Waals surface area contributed by atoms with Crippen LogP contribution in [0.3, 0.4) is 0 Å². The van der Waals surface area contributed by atoms with Gasteiger partial charge in [0.25, 0.3) is 5.91 Å². The van der Waals surface area contributed by atoms with Gasteiger partial charge >= 0.3 is 0 Å². The molecule has 0 aromatic carbocycles. The molecular formula is C16H25N3O2. The van der Waals surface area contributed by atoms with Gasteiger partial charge in [0.1, 0.15) is 11.3 Å². The SMILES string of the molecule is CCN(C)CC1CCN(C(=O)c2c(C3CC3)noc2C)C1. The largest absolute Gasteiger partial charge is 0.361 e. The monoisotopic (exact) mass is 291 g/mol. The third-order valence-electron chi connectivity index (χ3n) is 4.75. The van der Waals surface area contributed by atoms with Crippen LogP contribution in [0.25, 0.3) is 0 Å². The lowest BCUT2D eigenvalue weighted by atomic mass is 10.1. The Morgan fingerprint density at radius 3 is 2.86 bits per heavy atom. The summed E-state index contributed by atoms with van der Waals surface area (Å²) in [5.41, 5.74) is 1.63. The average molecular weight is 291 g/mol. The zero-order valence-electron chi connectivity index (χ0n) is 13.3. The molecule has 1 saturated carbocycles. The highest BCUT2D eigenvalue weighted by atomic mass is 16.5. The molecule has 3 rings (SSSR count). The lowest BCUT2D eigenvalue weighted by Gasteiger charge is -2.20. The molecule has 2 fully saturated rings. The van der Waals surface area contributed by atoms with Crippen LogP contribution in [0.4, 0.5) is 0 Å². The number of amides is 1. The molecule has 1 amide bonds. The quantitative estimate of drug-likeness (QED) is 0.835. The molecule has 1 aromatic rings. The van der Waals surface area contributed by atoms with Crippen molar-refractivity contribution >= 4 is 5.91 Å². The van der Waals surface area contributed by atoms with Crippen molar-refractivity contribution in [1.29, 1.82) is 0 Å². The topological polar surface area (TPSA) is 49.6 Å². The van der Waals surface area contributed by atoms with Gasteiger partial charge in [0.05, 0.1) is 5.69 Å². The summed E-state index contributed by atoms with van der Waals surface area (Å²) in [5, 5.41) is 4.12. The van der Waals surface area contributed by atoms with Crippen molar-refractivity contribution in [2.75, 3.05) is 33.2 Å². The van der Waals surface area contributed by atoms with E-state index in [4.69, 9.17) is 4.52 Å². The Balaban J connectivity index is 1.68. The maximum atomic E-state index is 12.8. The van der Waals surface area contributed by atoms with E-state index < -0.39 is 0 Å². The molecule has 2 aliphatic rings. The van der Waals surface area contributed by atoms with Gasteiger partial charge in [-0.25, -0.2) is 0 Å². The molecule has 1 aromatic heterocycles. The normalized spacial score (nSPS) is 22.3. The summed E-state index contributed by atoms with van der Waals surface area (Å²) < 4.78 is 5.28. The zero-order chi connectivity index (χ0) is 15.0. The van der Waals surface area contributed by atoms with Crippen LogP contribution in [0.1, 0.15) is 53.9 Å². The fourth-order valence-corrected chi connectivity index (χ4v) is 3.18. The van der Waals surface area contributed by atoms with Crippen molar-refractivity contribution in [3.63, 3.8) is 0 Å². The second kappa shape index (κ2) is 5.79. The minimum Gasteiger partial charge on any atom is -0.361 e. The summed E-state index contributed by atoms with van der Waals surface area (Å²) >= 11 is 0. The van der Waals surface area contributed by atoms with Crippen molar-refractivity contribution in [2.24, 2.45) is 5.92 Å². The Hall–Kier alpha value is -1.36. The first-order valence-corrected chi connectivity index (χ1v) is 8.04. The Bertz CT molecular complexity index is 522. The Morgan fingerprint density at radius 2 is 2.19 bits per heavy atom. The summed E-state index contributed by atoms with van der Waals surface area (Å²) in [6.45, 7) is 7.86. The molecule has 0 spiro atoms. The van der Waals surface area contributed by atoms with Crippen molar-refractivity contribution in [1.82, 2.24) is 15.0 Å². The number of hydrogen-bond donors (Lipinski definition) is 0. The number of aryl methyl sites for hydroxylation is 1. The summed E-state index contributed by atoms with van der Waals surface area (Å²) in [7, 11) is 2.14. The van der Waals surface area contributed by atoms with Crippen LogP contribution in [-0.2, 0) is 0 Å². The van der Waals surface area contributed by atoms with Gasteiger partial charge in [0, 0.05) is 25.6 Å². The highest BCUT2D eigenvalue weighted by molar-refractivity contribution is 5.96. The fourth-order valence-electron chi connectivity index (χ4n) is 3.18. The van der Waals surface area contributed by atoms with Crippen LogP contribution in [0.5, 0.6) is 0 Å². The van der Waals surface area contributed by atoms with Crippen LogP contribution in [0.15, 0.2) is 4.52 Å². The summed E-state index contributed by atoms with van der Waals surface area (Å²) in [6.07, 6.45) is 3.37. The molecule has 1 unspecified atom stereocenters.